The molecule has 0 bridgehead atoms. The summed E-state index contributed by atoms with van der Waals surface area (Å²) in [5.41, 5.74) is 5.01. The van der Waals surface area contributed by atoms with Gasteiger partial charge < -0.3 is 5.32 Å². The van der Waals surface area contributed by atoms with Gasteiger partial charge in [-0.25, -0.2) is 4.98 Å². The van der Waals surface area contributed by atoms with E-state index in [4.69, 9.17) is 23.2 Å². The van der Waals surface area contributed by atoms with E-state index in [1.54, 1.807) is 5.38 Å². The predicted molar refractivity (Wildman–Crippen MR) is 175 cm³/mol. The maximum absolute atomic E-state index is 13.4. The smallest absolute Gasteiger partial charge is 0.271 e. The van der Waals surface area contributed by atoms with Crippen molar-refractivity contribution in [2.45, 2.75) is 23.9 Å². The Bertz CT molecular complexity index is 1840. The first-order chi connectivity index (χ1) is 21.0. The molecule has 4 aromatic carbocycles. The summed E-state index contributed by atoms with van der Waals surface area (Å²) in [4.78, 5) is 18.0. The number of nitrogens with one attached hydrogen (secondary N) is 1. The van der Waals surface area contributed by atoms with Crippen molar-refractivity contribution < 1.29 is 4.79 Å². The van der Waals surface area contributed by atoms with Crippen LogP contribution >= 0.6 is 46.3 Å². The Balaban J connectivity index is 1.25. The number of thioether (sulfide) groups is 1. The van der Waals surface area contributed by atoms with Crippen molar-refractivity contribution in [2.75, 3.05) is 0 Å². The van der Waals surface area contributed by atoms with Gasteiger partial charge in [-0.1, -0.05) is 114 Å². The van der Waals surface area contributed by atoms with E-state index in [0.717, 1.165) is 32.9 Å². The van der Waals surface area contributed by atoms with Gasteiger partial charge in [-0.3, -0.25) is 9.36 Å². The van der Waals surface area contributed by atoms with Crippen LogP contribution in [0.25, 0.3) is 17.1 Å². The largest absolute Gasteiger partial charge is 0.340 e. The number of amides is 1. The highest BCUT2D eigenvalue weighted by Gasteiger charge is 2.22. The van der Waals surface area contributed by atoms with E-state index in [-0.39, 0.29) is 11.9 Å². The summed E-state index contributed by atoms with van der Waals surface area (Å²) in [5, 5.41) is 16.6. The van der Waals surface area contributed by atoms with E-state index < -0.39 is 0 Å². The number of carbonyl (C=O) groups is 1. The average molecular weight is 643 g/mol. The van der Waals surface area contributed by atoms with Gasteiger partial charge in [-0.15, -0.1) is 21.5 Å². The van der Waals surface area contributed by atoms with Crippen molar-refractivity contribution in [1.82, 2.24) is 25.1 Å². The van der Waals surface area contributed by atoms with Crippen LogP contribution in [0, 0.1) is 6.92 Å². The molecule has 2 heterocycles. The molecule has 0 saturated carbocycles. The van der Waals surface area contributed by atoms with Gasteiger partial charge >= 0.3 is 0 Å². The predicted octanol–water partition coefficient (Wildman–Crippen LogP) is 8.82. The first kappa shape index (κ1) is 29.1. The third kappa shape index (κ3) is 6.53. The maximum Gasteiger partial charge on any atom is 0.271 e. The lowest BCUT2D eigenvalue weighted by molar-refractivity contribution is 0.0938. The molecule has 0 saturated heterocycles. The van der Waals surface area contributed by atoms with Crippen LogP contribution in [0.2, 0.25) is 10.0 Å². The van der Waals surface area contributed by atoms with Gasteiger partial charge in [0.1, 0.15) is 10.7 Å². The zero-order valence-electron chi connectivity index (χ0n) is 22.9. The standard InChI is InChI=1S/C33H25Cl2N5OS2/c1-21-16-17-24(34)18-28(21)40-31(25-14-8-9-15-26(25)35)38-39-33(40)43-20-29-36-27(19-42-29)32(41)37-30(22-10-4-2-5-11-22)23-12-6-3-7-13-23/h2-19,30H,20H2,1H3,(H,37,41). The Hall–Kier alpha value is -3.95. The van der Waals surface area contributed by atoms with Gasteiger partial charge in [-0.2, -0.15) is 0 Å². The number of benzene rings is 4. The highest BCUT2D eigenvalue weighted by atomic mass is 35.5. The molecule has 0 fully saturated rings. The molecule has 1 amide bonds. The highest BCUT2D eigenvalue weighted by molar-refractivity contribution is 7.98. The number of hydrogen-bond acceptors (Lipinski definition) is 6. The monoisotopic (exact) mass is 641 g/mol. The number of halogens is 2. The minimum absolute atomic E-state index is 0.232. The van der Waals surface area contributed by atoms with E-state index in [1.165, 1.54) is 23.1 Å². The van der Waals surface area contributed by atoms with Crippen LogP contribution in [0.15, 0.2) is 114 Å². The fourth-order valence-electron chi connectivity index (χ4n) is 4.68. The third-order valence-electron chi connectivity index (χ3n) is 6.81. The Morgan fingerprint density at radius 3 is 2.28 bits per heavy atom. The number of thiazole rings is 1. The fourth-order valence-corrected chi connectivity index (χ4v) is 6.81. The van der Waals surface area contributed by atoms with Crippen LogP contribution in [0.1, 0.15) is 38.2 Å². The molecule has 0 aliphatic carbocycles. The SMILES string of the molecule is Cc1ccc(Cl)cc1-n1c(SCc2nc(C(=O)NC(c3ccccc3)c3ccccc3)cs2)nnc1-c1ccccc1Cl. The van der Waals surface area contributed by atoms with E-state index in [2.05, 4.69) is 20.5 Å². The Kier molecular flexibility index (Phi) is 8.90. The molecule has 6 rings (SSSR count). The number of hydrogen-bond donors (Lipinski definition) is 1. The van der Waals surface area contributed by atoms with Crippen molar-refractivity contribution in [3.05, 3.63) is 146 Å². The van der Waals surface area contributed by atoms with Crippen LogP contribution in [-0.4, -0.2) is 25.7 Å². The van der Waals surface area contributed by atoms with Gasteiger partial charge in [-0.05, 0) is 47.9 Å². The zero-order valence-corrected chi connectivity index (χ0v) is 26.1. The first-order valence-electron chi connectivity index (χ1n) is 13.4. The molecule has 2 aromatic heterocycles. The number of carbonyl (C=O) groups excluding carboxylic acids is 1. The van der Waals surface area contributed by atoms with Crippen molar-refractivity contribution >= 4 is 52.2 Å². The molecule has 0 radical (unpaired) electrons. The normalized spacial score (nSPS) is 11.2. The lowest BCUT2D eigenvalue weighted by Gasteiger charge is -2.19. The Labute approximate surface area is 267 Å². The van der Waals surface area contributed by atoms with Crippen LogP contribution < -0.4 is 5.32 Å². The summed E-state index contributed by atoms with van der Waals surface area (Å²) in [6.07, 6.45) is 0. The van der Waals surface area contributed by atoms with E-state index >= 15 is 0 Å². The van der Waals surface area contributed by atoms with Gasteiger partial charge in [0, 0.05) is 16.0 Å². The topological polar surface area (TPSA) is 72.7 Å². The van der Waals surface area contributed by atoms with E-state index in [0.29, 0.717) is 32.5 Å². The van der Waals surface area contributed by atoms with Crippen molar-refractivity contribution in [1.29, 1.82) is 0 Å². The minimum atomic E-state index is -0.294. The summed E-state index contributed by atoms with van der Waals surface area (Å²) in [7, 11) is 0. The molecule has 214 valence electrons. The molecule has 0 unspecified atom stereocenters. The molecule has 1 N–H and O–H groups in total. The maximum atomic E-state index is 13.4. The summed E-state index contributed by atoms with van der Waals surface area (Å²) >= 11 is 15.9. The lowest BCUT2D eigenvalue weighted by atomic mass is 9.98. The van der Waals surface area contributed by atoms with Gasteiger partial charge in [0.15, 0.2) is 11.0 Å². The second-order valence-electron chi connectivity index (χ2n) is 9.70. The number of aromatic nitrogens is 4. The Morgan fingerprint density at radius 2 is 1.58 bits per heavy atom. The van der Waals surface area contributed by atoms with Crippen LogP contribution in [0.5, 0.6) is 0 Å². The second-order valence-corrected chi connectivity index (χ2v) is 12.4. The third-order valence-corrected chi connectivity index (χ3v) is 9.35. The zero-order chi connectivity index (χ0) is 29.8. The highest BCUT2D eigenvalue weighted by Crippen LogP contribution is 2.35. The van der Waals surface area contributed by atoms with E-state index in [1.807, 2.05) is 115 Å². The van der Waals surface area contributed by atoms with Crippen molar-refractivity contribution in [2.24, 2.45) is 0 Å². The lowest BCUT2D eigenvalue weighted by Crippen LogP contribution is -2.29. The van der Waals surface area contributed by atoms with Crippen LogP contribution in [0.4, 0.5) is 0 Å². The van der Waals surface area contributed by atoms with E-state index in [9.17, 15) is 4.79 Å². The quantitative estimate of drug-likeness (QED) is 0.160. The number of aryl methyl sites for hydroxylation is 1. The van der Waals surface area contributed by atoms with Crippen LogP contribution in [-0.2, 0) is 5.75 Å². The molecule has 0 spiro atoms. The average Bonchev–Trinajstić information content (AvgIpc) is 3.68. The molecule has 0 aliphatic rings. The molecule has 0 aliphatic heterocycles. The molecular weight excluding hydrogens is 617 g/mol. The molecule has 0 atom stereocenters. The van der Waals surface area contributed by atoms with Gasteiger partial charge in [0.25, 0.3) is 5.91 Å². The van der Waals surface area contributed by atoms with Crippen molar-refractivity contribution in [3.63, 3.8) is 0 Å². The fraction of sp³-hybridized carbons (Fsp3) is 0.0909. The number of rotatable bonds is 9. The summed E-state index contributed by atoms with van der Waals surface area (Å²) in [6.45, 7) is 2.01. The second kappa shape index (κ2) is 13.1. The summed E-state index contributed by atoms with van der Waals surface area (Å²) in [5.74, 6) is 0.883. The molecule has 43 heavy (non-hydrogen) atoms. The van der Waals surface area contributed by atoms with Crippen molar-refractivity contribution in [3.8, 4) is 17.1 Å². The summed E-state index contributed by atoms with van der Waals surface area (Å²) < 4.78 is 1.97. The molecule has 10 heteroatoms. The molecule has 6 nitrogen and oxygen atoms in total. The summed E-state index contributed by atoms with van der Waals surface area (Å²) in [6, 6.07) is 32.8. The van der Waals surface area contributed by atoms with Gasteiger partial charge in [0.2, 0.25) is 0 Å². The number of nitrogens with zero attached hydrogens (tertiary/aromatic N) is 4. The molecular formula is C33H25Cl2N5OS2. The molecule has 6 aromatic rings. The van der Waals surface area contributed by atoms with Crippen LogP contribution in [0.3, 0.4) is 0 Å². The first-order valence-corrected chi connectivity index (χ1v) is 16.0. The minimum Gasteiger partial charge on any atom is -0.340 e. The van der Waals surface area contributed by atoms with Gasteiger partial charge in [0.05, 0.1) is 22.5 Å². The Morgan fingerprint density at radius 1 is 0.907 bits per heavy atom.